The Labute approximate surface area is 123 Å². The van der Waals surface area contributed by atoms with E-state index in [4.69, 9.17) is 9.84 Å². The van der Waals surface area contributed by atoms with E-state index >= 15 is 0 Å². The molecule has 1 aromatic carbocycles. The zero-order chi connectivity index (χ0) is 15.7. The highest BCUT2D eigenvalue weighted by Gasteiger charge is 2.20. The lowest BCUT2D eigenvalue weighted by Crippen LogP contribution is -2.40. The molecule has 0 saturated carbocycles. The molecule has 1 atom stereocenters. The van der Waals surface area contributed by atoms with E-state index in [1.165, 1.54) is 24.3 Å². The molecule has 0 fully saturated rings. The second-order valence-corrected chi connectivity index (χ2v) is 4.66. The van der Waals surface area contributed by atoms with Gasteiger partial charge in [0.15, 0.2) is 0 Å². The molecular weight excluding hydrogens is 277 g/mol. The Morgan fingerprint density at radius 3 is 2.52 bits per heavy atom. The predicted molar refractivity (Wildman–Crippen MR) is 75.6 cm³/mol. The van der Waals surface area contributed by atoms with Crippen molar-refractivity contribution in [3.05, 3.63) is 30.1 Å². The van der Waals surface area contributed by atoms with Gasteiger partial charge in [0.2, 0.25) is 12.0 Å². The topological polar surface area (TPSA) is 75.6 Å². The Hall–Kier alpha value is -2.11. The van der Waals surface area contributed by atoms with Gasteiger partial charge in [-0.1, -0.05) is 19.8 Å². The van der Waals surface area contributed by atoms with Gasteiger partial charge in [0.25, 0.3) is 0 Å². The summed E-state index contributed by atoms with van der Waals surface area (Å²) >= 11 is 0. The van der Waals surface area contributed by atoms with Crippen molar-refractivity contribution in [2.24, 2.45) is 0 Å². The zero-order valence-corrected chi connectivity index (χ0v) is 12.0. The molecule has 5 nitrogen and oxygen atoms in total. The molecule has 0 spiro atoms. The summed E-state index contributed by atoms with van der Waals surface area (Å²) < 4.78 is 18.0. The number of ether oxygens (including phenoxy) is 1. The van der Waals surface area contributed by atoms with E-state index in [0.29, 0.717) is 6.42 Å². The van der Waals surface area contributed by atoms with E-state index in [9.17, 15) is 14.0 Å². The maximum absolute atomic E-state index is 12.8. The Morgan fingerprint density at radius 2 is 1.95 bits per heavy atom. The van der Waals surface area contributed by atoms with Crippen LogP contribution < -0.4 is 10.1 Å². The molecule has 1 aromatic rings. The fourth-order valence-electron chi connectivity index (χ4n) is 1.69. The lowest BCUT2D eigenvalue weighted by Gasteiger charge is -2.15. The smallest absolute Gasteiger partial charge is 0.346 e. The van der Waals surface area contributed by atoms with Crippen LogP contribution in [0.1, 0.15) is 32.6 Å². The molecule has 21 heavy (non-hydrogen) atoms. The standard InChI is InChI=1S/C15H20FNO4/c1-2-3-4-5-14(18)17-10-13(15(19)20)21-12-8-6-11(16)7-9-12/h6-9,13H,2-5,10H2,1H3,(H,17,18)(H,19,20). The molecule has 2 N–H and O–H groups in total. The summed E-state index contributed by atoms with van der Waals surface area (Å²) in [4.78, 5) is 22.6. The summed E-state index contributed by atoms with van der Waals surface area (Å²) in [7, 11) is 0. The van der Waals surface area contributed by atoms with E-state index in [0.717, 1.165) is 19.3 Å². The number of aliphatic carboxylic acids is 1. The fourth-order valence-corrected chi connectivity index (χ4v) is 1.69. The van der Waals surface area contributed by atoms with E-state index in [2.05, 4.69) is 5.32 Å². The van der Waals surface area contributed by atoms with Crippen LogP contribution in [0.25, 0.3) is 0 Å². The Balaban J connectivity index is 2.45. The molecular formula is C15H20FNO4. The van der Waals surface area contributed by atoms with Crippen molar-refractivity contribution in [3.8, 4) is 5.75 Å². The molecule has 0 saturated heterocycles. The third-order valence-electron chi connectivity index (χ3n) is 2.86. The van der Waals surface area contributed by atoms with E-state index in [1.807, 2.05) is 6.92 Å². The number of hydrogen-bond donors (Lipinski definition) is 2. The van der Waals surface area contributed by atoms with Crippen LogP contribution >= 0.6 is 0 Å². The van der Waals surface area contributed by atoms with Crippen molar-refractivity contribution in [2.75, 3.05) is 6.54 Å². The molecule has 0 heterocycles. The average molecular weight is 297 g/mol. The first-order chi connectivity index (χ1) is 10.0. The minimum absolute atomic E-state index is 0.127. The molecule has 116 valence electrons. The normalized spacial score (nSPS) is 11.7. The first-order valence-electron chi connectivity index (χ1n) is 6.94. The highest BCUT2D eigenvalue weighted by molar-refractivity contribution is 5.78. The minimum atomic E-state index is -1.20. The van der Waals surface area contributed by atoms with Crippen LogP contribution in [0.5, 0.6) is 5.75 Å². The Bertz CT molecular complexity index is 461. The lowest BCUT2D eigenvalue weighted by atomic mass is 10.2. The SMILES string of the molecule is CCCCCC(=O)NCC(Oc1ccc(F)cc1)C(=O)O. The number of unbranched alkanes of at least 4 members (excludes halogenated alkanes) is 2. The first kappa shape index (κ1) is 16.9. The van der Waals surface area contributed by atoms with Gasteiger partial charge in [-0.05, 0) is 30.7 Å². The highest BCUT2D eigenvalue weighted by Crippen LogP contribution is 2.13. The predicted octanol–water partition coefficient (Wildman–Crippen LogP) is 2.35. The van der Waals surface area contributed by atoms with Crippen molar-refractivity contribution in [1.82, 2.24) is 5.32 Å². The second kappa shape index (κ2) is 8.94. The molecule has 6 heteroatoms. The highest BCUT2D eigenvalue weighted by atomic mass is 19.1. The van der Waals surface area contributed by atoms with Crippen LogP contribution in [0.3, 0.4) is 0 Å². The summed E-state index contributed by atoms with van der Waals surface area (Å²) in [6.07, 6.45) is 1.92. The van der Waals surface area contributed by atoms with Gasteiger partial charge in [0.1, 0.15) is 11.6 Å². The number of carbonyl (C=O) groups is 2. The second-order valence-electron chi connectivity index (χ2n) is 4.66. The number of nitrogens with one attached hydrogen (secondary N) is 1. The molecule has 0 aliphatic rings. The summed E-state index contributed by atoms with van der Waals surface area (Å²) in [5.74, 6) is -1.58. The van der Waals surface area contributed by atoms with Crippen molar-refractivity contribution in [3.63, 3.8) is 0 Å². The Morgan fingerprint density at radius 1 is 1.29 bits per heavy atom. The minimum Gasteiger partial charge on any atom is -0.478 e. The van der Waals surface area contributed by atoms with Crippen LogP contribution in [0.2, 0.25) is 0 Å². The van der Waals surface area contributed by atoms with Gasteiger partial charge in [-0.2, -0.15) is 0 Å². The molecule has 1 rings (SSSR count). The summed E-state index contributed by atoms with van der Waals surface area (Å²) in [5, 5.41) is 11.6. The summed E-state index contributed by atoms with van der Waals surface area (Å²) in [6.45, 7) is 1.91. The van der Waals surface area contributed by atoms with Crippen LogP contribution in [0.15, 0.2) is 24.3 Å². The van der Waals surface area contributed by atoms with E-state index in [-0.39, 0.29) is 18.2 Å². The number of amides is 1. The molecule has 0 aliphatic heterocycles. The molecule has 0 radical (unpaired) electrons. The quantitative estimate of drug-likeness (QED) is 0.686. The molecule has 0 aromatic heterocycles. The van der Waals surface area contributed by atoms with Gasteiger partial charge in [0.05, 0.1) is 6.54 Å². The number of hydrogen-bond acceptors (Lipinski definition) is 3. The molecule has 0 bridgehead atoms. The van der Waals surface area contributed by atoms with Crippen molar-refractivity contribution >= 4 is 11.9 Å². The summed E-state index contributed by atoms with van der Waals surface area (Å²) in [6, 6.07) is 5.04. The Kier molecular flexibility index (Phi) is 7.21. The molecule has 1 amide bonds. The number of halogens is 1. The number of benzene rings is 1. The van der Waals surface area contributed by atoms with Crippen LogP contribution in [-0.4, -0.2) is 29.6 Å². The lowest BCUT2D eigenvalue weighted by molar-refractivity contribution is -0.145. The van der Waals surface area contributed by atoms with Crippen LogP contribution in [-0.2, 0) is 9.59 Å². The van der Waals surface area contributed by atoms with Crippen molar-refractivity contribution in [2.45, 2.75) is 38.7 Å². The maximum atomic E-state index is 12.8. The first-order valence-corrected chi connectivity index (χ1v) is 6.94. The van der Waals surface area contributed by atoms with Gasteiger partial charge >= 0.3 is 5.97 Å². The average Bonchev–Trinajstić information content (AvgIpc) is 2.45. The third-order valence-corrected chi connectivity index (χ3v) is 2.86. The van der Waals surface area contributed by atoms with Gasteiger partial charge in [-0.3, -0.25) is 4.79 Å². The molecule has 1 unspecified atom stereocenters. The van der Waals surface area contributed by atoms with Gasteiger partial charge in [-0.25, -0.2) is 9.18 Å². The largest absolute Gasteiger partial charge is 0.478 e. The third kappa shape index (κ3) is 6.74. The molecule has 0 aliphatic carbocycles. The van der Waals surface area contributed by atoms with Crippen molar-refractivity contribution in [1.29, 1.82) is 0 Å². The zero-order valence-electron chi connectivity index (χ0n) is 12.0. The number of rotatable bonds is 9. The maximum Gasteiger partial charge on any atom is 0.346 e. The van der Waals surface area contributed by atoms with Crippen LogP contribution in [0, 0.1) is 5.82 Å². The fraction of sp³-hybridized carbons (Fsp3) is 0.467. The number of carboxylic acid groups (broad SMARTS) is 1. The van der Waals surface area contributed by atoms with Crippen LogP contribution in [0.4, 0.5) is 4.39 Å². The summed E-state index contributed by atoms with van der Waals surface area (Å²) in [5.41, 5.74) is 0. The number of carbonyl (C=O) groups excluding carboxylic acids is 1. The van der Waals surface area contributed by atoms with E-state index in [1.54, 1.807) is 0 Å². The van der Waals surface area contributed by atoms with E-state index < -0.39 is 17.9 Å². The monoisotopic (exact) mass is 297 g/mol. The van der Waals surface area contributed by atoms with Gasteiger partial charge in [0, 0.05) is 6.42 Å². The van der Waals surface area contributed by atoms with Gasteiger partial charge in [-0.15, -0.1) is 0 Å². The van der Waals surface area contributed by atoms with Crippen molar-refractivity contribution < 1.29 is 23.8 Å². The number of carboxylic acids is 1. The van der Waals surface area contributed by atoms with Gasteiger partial charge < -0.3 is 15.2 Å².